The standard InChI is InChI=1S/C17H19NO/c18-16(14-8-3-1-4-9-14)12-7-13-17(19)15-10-5-2-6-11-15/h1-11,13,16-17,19H,12,18H2/b13-7-/t16-,17+/m0/s1. The number of nitrogens with two attached hydrogens (primary N) is 1. The molecule has 0 heterocycles. The third kappa shape index (κ3) is 4.05. The zero-order valence-corrected chi connectivity index (χ0v) is 10.8. The van der Waals surface area contributed by atoms with Gasteiger partial charge in [0.2, 0.25) is 0 Å². The lowest BCUT2D eigenvalue weighted by atomic mass is 10.0. The molecular formula is C17H19NO. The van der Waals surface area contributed by atoms with Crippen molar-refractivity contribution in [3.8, 4) is 0 Å². The Kier molecular flexibility index (Phi) is 4.90. The Hall–Kier alpha value is -1.90. The number of benzene rings is 2. The van der Waals surface area contributed by atoms with Crippen molar-refractivity contribution in [1.82, 2.24) is 0 Å². The summed E-state index contributed by atoms with van der Waals surface area (Å²) in [5, 5.41) is 9.98. The molecule has 0 aromatic heterocycles. The summed E-state index contributed by atoms with van der Waals surface area (Å²) in [7, 11) is 0. The molecule has 0 saturated carbocycles. The number of aliphatic hydroxyl groups is 1. The van der Waals surface area contributed by atoms with Gasteiger partial charge in [0.1, 0.15) is 0 Å². The molecule has 0 radical (unpaired) electrons. The van der Waals surface area contributed by atoms with E-state index in [0.717, 1.165) is 11.1 Å². The van der Waals surface area contributed by atoms with Crippen molar-refractivity contribution >= 4 is 0 Å². The highest BCUT2D eigenvalue weighted by molar-refractivity contribution is 5.22. The van der Waals surface area contributed by atoms with E-state index in [1.165, 1.54) is 0 Å². The highest BCUT2D eigenvalue weighted by atomic mass is 16.3. The summed E-state index contributed by atoms with van der Waals surface area (Å²) < 4.78 is 0. The SMILES string of the molecule is N[C@@H](C/C=C\[C@@H](O)c1ccccc1)c1ccccc1. The zero-order chi connectivity index (χ0) is 13.5. The van der Waals surface area contributed by atoms with Crippen LogP contribution in [0.25, 0.3) is 0 Å². The quantitative estimate of drug-likeness (QED) is 0.802. The average Bonchev–Trinajstić information content (AvgIpc) is 2.49. The first kappa shape index (κ1) is 13.5. The van der Waals surface area contributed by atoms with Gasteiger partial charge in [-0.15, -0.1) is 0 Å². The van der Waals surface area contributed by atoms with Crippen LogP contribution >= 0.6 is 0 Å². The van der Waals surface area contributed by atoms with Crippen LogP contribution in [0.4, 0.5) is 0 Å². The molecule has 0 unspecified atom stereocenters. The number of aliphatic hydroxyl groups excluding tert-OH is 1. The van der Waals surface area contributed by atoms with E-state index in [2.05, 4.69) is 0 Å². The van der Waals surface area contributed by atoms with Crippen molar-refractivity contribution in [1.29, 1.82) is 0 Å². The second kappa shape index (κ2) is 6.88. The summed E-state index contributed by atoms with van der Waals surface area (Å²) in [6.45, 7) is 0. The molecule has 2 nitrogen and oxygen atoms in total. The predicted molar refractivity (Wildman–Crippen MR) is 78.5 cm³/mol. The van der Waals surface area contributed by atoms with Crippen LogP contribution in [0.3, 0.4) is 0 Å². The van der Waals surface area contributed by atoms with Gasteiger partial charge in [0, 0.05) is 6.04 Å². The first-order valence-electron chi connectivity index (χ1n) is 6.47. The first-order chi connectivity index (χ1) is 9.27. The van der Waals surface area contributed by atoms with Gasteiger partial charge >= 0.3 is 0 Å². The lowest BCUT2D eigenvalue weighted by molar-refractivity contribution is 0.228. The molecule has 2 heteroatoms. The van der Waals surface area contributed by atoms with Crippen LogP contribution in [0.5, 0.6) is 0 Å². The molecule has 98 valence electrons. The molecule has 0 aliphatic carbocycles. The third-order valence-corrected chi connectivity index (χ3v) is 3.08. The minimum Gasteiger partial charge on any atom is -0.384 e. The minimum absolute atomic E-state index is 0.0274. The normalized spacial score (nSPS) is 14.4. The van der Waals surface area contributed by atoms with Crippen LogP contribution in [0.2, 0.25) is 0 Å². The molecular weight excluding hydrogens is 234 g/mol. The van der Waals surface area contributed by atoms with Crippen LogP contribution in [0.15, 0.2) is 72.8 Å². The lowest BCUT2D eigenvalue weighted by Crippen LogP contribution is -2.08. The molecule has 2 atom stereocenters. The van der Waals surface area contributed by atoms with E-state index < -0.39 is 6.10 Å². The Morgan fingerprint density at radius 1 is 0.895 bits per heavy atom. The zero-order valence-electron chi connectivity index (χ0n) is 10.8. The summed E-state index contributed by atoms with van der Waals surface area (Å²) in [4.78, 5) is 0. The first-order valence-corrected chi connectivity index (χ1v) is 6.47. The topological polar surface area (TPSA) is 46.2 Å². The van der Waals surface area contributed by atoms with E-state index in [1.807, 2.05) is 66.7 Å². The van der Waals surface area contributed by atoms with Gasteiger partial charge in [-0.2, -0.15) is 0 Å². The molecule has 2 aromatic rings. The van der Waals surface area contributed by atoms with Crippen molar-refractivity contribution in [2.75, 3.05) is 0 Å². The van der Waals surface area contributed by atoms with Crippen LogP contribution in [-0.4, -0.2) is 5.11 Å². The number of hydrogen-bond acceptors (Lipinski definition) is 2. The maximum Gasteiger partial charge on any atom is 0.0971 e. The Labute approximate surface area is 114 Å². The van der Waals surface area contributed by atoms with Crippen LogP contribution < -0.4 is 5.73 Å². The Balaban J connectivity index is 1.90. The van der Waals surface area contributed by atoms with Gasteiger partial charge in [-0.25, -0.2) is 0 Å². The average molecular weight is 253 g/mol. The molecule has 0 saturated heterocycles. The third-order valence-electron chi connectivity index (χ3n) is 3.08. The van der Waals surface area contributed by atoms with E-state index >= 15 is 0 Å². The maximum atomic E-state index is 9.98. The Morgan fingerprint density at radius 2 is 1.42 bits per heavy atom. The molecule has 0 spiro atoms. The molecule has 0 aliphatic rings. The largest absolute Gasteiger partial charge is 0.384 e. The minimum atomic E-state index is -0.566. The van der Waals surface area contributed by atoms with E-state index in [-0.39, 0.29) is 6.04 Å². The molecule has 2 rings (SSSR count). The number of hydrogen-bond donors (Lipinski definition) is 2. The summed E-state index contributed by atoms with van der Waals surface area (Å²) in [5.74, 6) is 0. The maximum absolute atomic E-state index is 9.98. The van der Waals surface area contributed by atoms with Crippen molar-refractivity contribution < 1.29 is 5.11 Å². The summed E-state index contributed by atoms with van der Waals surface area (Å²) in [5.41, 5.74) is 8.09. The molecule has 2 aromatic carbocycles. The highest BCUT2D eigenvalue weighted by Crippen LogP contribution is 2.17. The number of rotatable bonds is 5. The van der Waals surface area contributed by atoms with Gasteiger partial charge in [0.15, 0.2) is 0 Å². The Morgan fingerprint density at radius 3 is 2.00 bits per heavy atom. The fraction of sp³-hybridized carbons (Fsp3) is 0.176. The second-order valence-corrected chi connectivity index (χ2v) is 4.54. The van der Waals surface area contributed by atoms with Crippen molar-refractivity contribution in [3.05, 3.63) is 83.9 Å². The van der Waals surface area contributed by atoms with E-state index in [4.69, 9.17) is 5.73 Å². The van der Waals surface area contributed by atoms with E-state index in [1.54, 1.807) is 6.08 Å². The van der Waals surface area contributed by atoms with Crippen molar-refractivity contribution in [3.63, 3.8) is 0 Å². The predicted octanol–water partition coefficient (Wildman–Crippen LogP) is 3.37. The van der Waals surface area contributed by atoms with Gasteiger partial charge < -0.3 is 10.8 Å². The monoisotopic (exact) mass is 253 g/mol. The fourth-order valence-corrected chi connectivity index (χ4v) is 1.95. The van der Waals surface area contributed by atoms with Gasteiger partial charge in [-0.05, 0) is 17.5 Å². The Bertz CT molecular complexity index is 507. The van der Waals surface area contributed by atoms with Gasteiger partial charge in [0.25, 0.3) is 0 Å². The second-order valence-electron chi connectivity index (χ2n) is 4.54. The van der Waals surface area contributed by atoms with E-state index in [9.17, 15) is 5.11 Å². The summed E-state index contributed by atoms with van der Waals surface area (Å²) in [6.07, 6.45) is 3.88. The molecule has 0 bridgehead atoms. The highest BCUT2D eigenvalue weighted by Gasteiger charge is 2.04. The molecule has 0 fully saturated rings. The van der Waals surface area contributed by atoms with E-state index in [0.29, 0.717) is 6.42 Å². The van der Waals surface area contributed by atoms with Gasteiger partial charge in [-0.3, -0.25) is 0 Å². The smallest absolute Gasteiger partial charge is 0.0971 e. The molecule has 3 N–H and O–H groups in total. The lowest BCUT2D eigenvalue weighted by Gasteiger charge is -2.10. The molecule has 19 heavy (non-hydrogen) atoms. The van der Waals surface area contributed by atoms with Crippen LogP contribution in [-0.2, 0) is 0 Å². The van der Waals surface area contributed by atoms with Gasteiger partial charge in [0.05, 0.1) is 6.10 Å². The van der Waals surface area contributed by atoms with Crippen LogP contribution in [0, 0.1) is 0 Å². The van der Waals surface area contributed by atoms with Crippen molar-refractivity contribution in [2.24, 2.45) is 5.73 Å². The van der Waals surface area contributed by atoms with Crippen molar-refractivity contribution in [2.45, 2.75) is 18.6 Å². The van der Waals surface area contributed by atoms with Crippen LogP contribution in [0.1, 0.15) is 29.7 Å². The molecule has 0 amide bonds. The summed E-state index contributed by atoms with van der Waals surface area (Å²) >= 11 is 0. The fourth-order valence-electron chi connectivity index (χ4n) is 1.95. The summed E-state index contributed by atoms with van der Waals surface area (Å²) in [6, 6.07) is 19.5. The van der Waals surface area contributed by atoms with Gasteiger partial charge in [-0.1, -0.05) is 72.8 Å². The molecule has 0 aliphatic heterocycles.